The first-order chi connectivity index (χ1) is 12.8. The third kappa shape index (κ3) is 3.93. The zero-order valence-corrected chi connectivity index (χ0v) is 15.9. The number of thiophene rings is 1. The highest BCUT2D eigenvalue weighted by Crippen LogP contribution is 2.33. The number of aryl methyl sites for hydroxylation is 1. The molecular weight excluding hydrogens is 340 g/mol. The van der Waals surface area contributed by atoms with E-state index in [9.17, 15) is 5.11 Å². The van der Waals surface area contributed by atoms with E-state index in [2.05, 4.69) is 64.4 Å². The van der Waals surface area contributed by atoms with E-state index >= 15 is 0 Å². The topological polar surface area (TPSA) is 26.7 Å². The second-order valence-corrected chi connectivity index (χ2v) is 8.15. The maximum atomic E-state index is 9.43. The van der Waals surface area contributed by atoms with E-state index in [0.717, 1.165) is 31.1 Å². The monoisotopic (exact) mass is 366 g/mol. The lowest BCUT2D eigenvalue weighted by Crippen LogP contribution is -2.46. The highest BCUT2D eigenvalue weighted by Gasteiger charge is 2.19. The van der Waals surface area contributed by atoms with E-state index in [0.29, 0.717) is 0 Å². The van der Waals surface area contributed by atoms with Gasteiger partial charge in [-0.1, -0.05) is 36.4 Å². The number of anilines is 1. The van der Waals surface area contributed by atoms with Crippen LogP contribution in [0.15, 0.2) is 54.6 Å². The molecule has 3 nitrogen and oxygen atoms in total. The number of aliphatic hydroxyl groups is 1. The predicted octanol–water partition coefficient (Wildman–Crippen LogP) is 4.15. The minimum Gasteiger partial charge on any atom is -0.391 e. The van der Waals surface area contributed by atoms with Gasteiger partial charge in [0.25, 0.3) is 0 Å². The van der Waals surface area contributed by atoms with Crippen molar-refractivity contribution >= 4 is 27.1 Å². The summed E-state index contributed by atoms with van der Waals surface area (Å²) in [6.45, 7) is 5.72. The highest BCUT2D eigenvalue weighted by atomic mass is 32.1. The maximum Gasteiger partial charge on any atom is 0.0774 e. The van der Waals surface area contributed by atoms with Crippen molar-refractivity contribution in [1.82, 2.24) is 4.90 Å². The first-order valence-electron chi connectivity index (χ1n) is 9.47. The Balaban J connectivity index is 1.33. The quantitative estimate of drug-likeness (QED) is 0.710. The summed E-state index contributed by atoms with van der Waals surface area (Å²) in [6.07, 6.45) is 2.39. The smallest absolute Gasteiger partial charge is 0.0774 e. The fourth-order valence-electron chi connectivity index (χ4n) is 3.82. The molecule has 136 valence electrons. The van der Waals surface area contributed by atoms with Crippen LogP contribution in [0.5, 0.6) is 0 Å². The Morgan fingerprint density at radius 2 is 1.73 bits per heavy atom. The van der Waals surface area contributed by atoms with Crippen LogP contribution in [0.25, 0.3) is 10.1 Å². The molecule has 1 fully saturated rings. The van der Waals surface area contributed by atoms with Gasteiger partial charge < -0.3 is 10.0 Å². The van der Waals surface area contributed by atoms with Gasteiger partial charge >= 0.3 is 0 Å². The normalized spacial score (nSPS) is 15.7. The van der Waals surface area contributed by atoms with Crippen LogP contribution < -0.4 is 4.90 Å². The Morgan fingerprint density at radius 3 is 2.50 bits per heavy atom. The number of piperazine rings is 1. The lowest BCUT2D eigenvalue weighted by atomic mass is 10.1. The van der Waals surface area contributed by atoms with Crippen LogP contribution in [0, 0.1) is 0 Å². The Hall–Kier alpha value is -1.88. The summed E-state index contributed by atoms with van der Waals surface area (Å²) in [5.74, 6) is 0. The Kier molecular flexibility index (Phi) is 5.54. The van der Waals surface area contributed by atoms with Crippen molar-refractivity contribution in [2.24, 2.45) is 0 Å². The largest absolute Gasteiger partial charge is 0.391 e. The van der Waals surface area contributed by atoms with E-state index in [1.807, 2.05) is 0 Å². The minimum absolute atomic E-state index is 0.133. The van der Waals surface area contributed by atoms with Crippen LogP contribution in [0.1, 0.15) is 16.9 Å². The molecule has 0 saturated carbocycles. The predicted molar refractivity (Wildman–Crippen MR) is 111 cm³/mol. The van der Waals surface area contributed by atoms with Crippen LogP contribution in [0.3, 0.4) is 0 Å². The highest BCUT2D eigenvalue weighted by molar-refractivity contribution is 7.19. The summed E-state index contributed by atoms with van der Waals surface area (Å²) >= 11 is 1.70. The zero-order valence-electron chi connectivity index (χ0n) is 15.1. The van der Waals surface area contributed by atoms with Gasteiger partial charge in [0.15, 0.2) is 0 Å². The number of nitrogens with zero attached hydrogens (tertiary/aromatic N) is 2. The number of aliphatic hydroxyl groups excluding tert-OH is 1. The van der Waals surface area contributed by atoms with Gasteiger partial charge in [0, 0.05) is 46.8 Å². The van der Waals surface area contributed by atoms with Crippen LogP contribution in [-0.2, 0) is 13.0 Å². The number of hydrogen-bond acceptors (Lipinski definition) is 4. The van der Waals surface area contributed by atoms with Gasteiger partial charge in [0.2, 0.25) is 0 Å². The lowest BCUT2D eigenvalue weighted by molar-refractivity contribution is 0.255. The van der Waals surface area contributed by atoms with Crippen molar-refractivity contribution in [3.8, 4) is 0 Å². The van der Waals surface area contributed by atoms with Gasteiger partial charge in [0.1, 0.15) is 0 Å². The summed E-state index contributed by atoms with van der Waals surface area (Å²) in [5.41, 5.74) is 2.76. The van der Waals surface area contributed by atoms with Crippen molar-refractivity contribution in [2.75, 3.05) is 37.6 Å². The number of rotatable bonds is 6. The van der Waals surface area contributed by atoms with Crippen LogP contribution in [-0.4, -0.2) is 42.7 Å². The second-order valence-electron chi connectivity index (χ2n) is 6.98. The van der Waals surface area contributed by atoms with Crippen LogP contribution >= 0.6 is 11.3 Å². The number of hydrogen-bond donors (Lipinski definition) is 1. The van der Waals surface area contributed by atoms with E-state index in [4.69, 9.17) is 0 Å². The molecule has 26 heavy (non-hydrogen) atoms. The molecule has 2 heterocycles. The summed E-state index contributed by atoms with van der Waals surface area (Å²) in [5, 5.41) is 10.7. The van der Waals surface area contributed by atoms with E-state index < -0.39 is 0 Å². The molecule has 0 spiro atoms. The third-order valence-corrected chi connectivity index (χ3v) is 6.33. The molecule has 1 aliphatic rings. The van der Waals surface area contributed by atoms with Gasteiger partial charge in [-0.15, -0.1) is 11.3 Å². The van der Waals surface area contributed by atoms with E-state index in [1.165, 1.54) is 40.7 Å². The molecule has 0 bridgehead atoms. The zero-order chi connectivity index (χ0) is 17.8. The molecule has 4 heteroatoms. The van der Waals surface area contributed by atoms with E-state index in [-0.39, 0.29) is 6.61 Å². The molecule has 1 saturated heterocycles. The fourth-order valence-corrected chi connectivity index (χ4v) is 4.76. The molecule has 0 aliphatic carbocycles. The Morgan fingerprint density at radius 1 is 0.923 bits per heavy atom. The molecule has 4 rings (SSSR count). The Bertz CT molecular complexity index is 838. The molecule has 2 aromatic carbocycles. The molecule has 3 aromatic rings. The van der Waals surface area contributed by atoms with Gasteiger partial charge in [-0.2, -0.15) is 0 Å². The third-order valence-electron chi connectivity index (χ3n) is 5.24. The summed E-state index contributed by atoms with van der Waals surface area (Å²) in [7, 11) is 0. The van der Waals surface area contributed by atoms with Gasteiger partial charge in [0.05, 0.1) is 6.61 Å². The average Bonchev–Trinajstić information content (AvgIpc) is 3.13. The van der Waals surface area contributed by atoms with Crippen molar-refractivity contribution in [2.45, 2.75) is 19.4 Å². The minimum atomic E-state index is 0.133. The summed E-state index contributed by atoms with van der Waals surface area (Å²) in [4.78, 5) is 6.14. The molecule has 1 aliphatic heterocycles. The fraction of sp³-hybridized carbons (Fsp3) is 0.364. The van der Waals surface area contributed by atoms with Crippen LogP contribution in [0.4, 0.5) is 5.69 Å². The standard InChI is InChI=1S/C22H26N2OS/c25-17-19-16-20-21(9-4-10-22(20)26-19)24-14-12-23(13-15-24)11-5-8-18-6-2-1-3-7-18/h1-4,6-7,9-10,16,25H,5,8,11-15,17H2. The summed E-state index contributed by atoms with van der Waals surface area (Å²) in [6, 6.07) is 19.5. The molecule has 0 amide bonds. The van der Waals surface area contributed by atoms with E-state index in [1.54, 1.807) is 11.3 Å². The van der Waals surface area contributed by atoms with Gasteiger partial charge in [-0.3, -0.25) is 4.90 Å². The SMILES string of the molecule is OCc1cc2c(N3CCN(CCCc4ccccc4)CC3)cccc2s1. The van der Waals surface area contributed by atoms with Gasteiger partial charge in [-0.25, -0.2) is 0 Å². The number of benzene rings is 2. The molecule has 0 atom stereocenters. The molecule has 0 radical (unpaired) electrons. The maximum absolute atomic E-state index is 9.43. The second kappa shape index (κ2) is 8.21. The van der Waals surface area contributed by atoms with Crippen molar-refractivity contribution in [1.29, 1.82) is 0 Å². The average molecular weight is 367 g/mol. The first kappa shape index (κ1) is 17.5. The lowest BCUT2D eigenvalue weighted by Gasteiger charge is -2.36. The molecular formula is C22H26N2OS. The summed E-state index contributed by atoms with van der Waals surface area (Å²) < 4.78 is 1.27. The first-order valence-corrected chi connectivity index (χ1v) is 10.3. The van der Waals surface area contributed by atoms with Crippen LogP contribution in [0.2, 0.25) is 0 Å². The molecule has 1 aromatic heterocycles. The van der Waals surface area contributed by atoms with Crippen molar-refractivity contribution < 1.29 is 5.11 Å². The van der Waals surface area contributed by atoms with Gasteiger partial charge in [-0.05, 0) is 43.1 Å². The Labute approximate surface area is 159 Å². The van der Waals surface area contributed by atoms with Crippen molar-refractivity contribution in [3.63, 3.8) is 0 Å². The molecule has 1 N–H and O–H groups in total. The molecule has 0 unspecified atom stereocenters. The van der Waals surface area contributed by atoms with Crippen molar-refractivity contribution in [3.05, 3.63) is 65.0 Å². The number of fused-ring (bicyclic) bond motifs is 1.